The van der Waals surface area contributed by atoms with Crippen LogP contribution in [0.2, 0.25) is 0 Å². The molecule has 1 rings (SSSR count). The molecule has 0 aromatic carbocycles. The van der Waals surface area contributed by atoms with Crippen molar-refractivity contribution in [3.63, 3.8) is 0 Å². The van der Waals surface area contributed by atoms with E-state index < -0.39 is 37.3 Å². The summed E-state index contributed by atoms with van der Waals surface area (Å²) in [5, 5.41) is 35.9. The Morgan fingerprint density at radius 1 is 1.17 bits per heavy atom. The van der Waals surface area contributed by atoms with E-state index in [0.29, 0.717) is 0 Å². The van der Waals surface area contributed by atoms with Gasteiger partial charge >= 0.3 is 0 Å². The lowest BCUT2D eigenvalue weighted by molar-refractivity contribution is -0.258. The van der Waals surface area contributed by atoms with Crippen LogP contribution in [-0.4, -0.2) is 57.7 Å². The van der Waals surface area contributed by atoms with Crippen LogP contribution in [0.1, 0.15) is 0 Å². The molecular formula is C6H13NO5. The molecule has 1 fully saturated rings. The maximum atomic E-state index is 9.19. The molecule has 0 bridgehead atoms. The number of aliphatic hydroxyl groups is 4. The van der Waals surface area contributed by atoms with Gasteiger partial charge in [-0.2, -0.15) is 0 Å². The summed E-state index contributed by atoms with van der Waals surface area (Å²) in [6, 6.07) is -0.881. The van der Waals surface area contributed by atoms with E-state index >= 15 is 0 Å². The Kier molecular flexibility index (Phi) is 2.99. The summed E-state index contributed by atoms with van der Waals surface area (Å²) >= 11 is 0. The molecule has 6 heteroatoms. The van der Waals surface area contributed by atoms with Gasteiger partial charge < -0.3 is 30.9 Å². The first-order chi connectivity index (χ1) is 5.57. The van der Waals surface area contributed by atoms with Crippen LogP contribution >= 0.6 is 0 Å². The molecule has 0 aromatic rings. The van der Waals surface area contributed by atoms with Gasteiger partial charge in [0.2, 0.25) is 0 Å². The molecule has 12 heavy (non-hydrogen) atoms. The number of nitrogens with two attached hydrogens (primary N) is 1. The van der Waals surface area contributed by atoms with Gasteiger partial charge in [-0.05, 0) is 0 Å². The maximum Gasteiger partial charge on any atom is 0.183 e. The molecule has 0 aromatic heterocycles. The minimum Gasteiger partial charge on any atom is -0.394 e. The van der Waals surface area contributed by atoms with Crippen molar-refractivity contribution in [2.24, 2.45) is 5.73 Å². The molecule has 0 saturated carbocycles. The van der Waals surface area contributed by atoms with Gasteiger partial charge in [0, 0.05) is 0 Å². The monoisotopic (exact) mass is 179 g/mol. The Morgan fingerprint density at radius 3 is 2.25 bits per heavy atom. The Balaban J connectivity index is 2.63. The number of hydrogen-bond donors (Lipinski definition) is 5. The highest BCUT2D eigenvalue weighted by atomic mass is 16.6. The Labute approximate surface area is 69.2 Å². The van der Waals surface area contributed by atoms with E-state index in [2.05, 4.69) is 0 Å². The minimum absolute atomic E-state index is 0.401. The molecular weight excluding hydrogens is 166 g/mol. The van der Waals surface area contributed by atoms with Gasteiger partial charge in [0.1, 0.15) is 18.3 Å². The molecule has 2 unspecified atom stereocenters. The van der Waals surface area contributed by atoms with Gasteiger partial charge in [-0.25, -0.2) is 0 Å². The van der Waals surface area contributed by atoms with Crippen molar-refractivity contribution in [3.8, 4) is 0 Å². The average molecular weight is 179 g/mol. The first-order valence-corrected chi connectivity index (χ1v) is 3.64. The first-order valence-electron chi connectivity index (χ1n) is 3.64. The highest BCUT2D eigenvalue weighted by Crippen LogP contribution is 2.17. The zero-order chi connectivity index (χ0) is 9.30. The van der Waals surface area contributed by atoms with E-state index in [9.17, 15) is 5.11 Å². The lowest BCUT2D eigenvalue weighted by atomic mass is 9.98. The van der Waals surface area contributed by atoms with E-state index in [1.165, 1.54) is 0 Å². The van der Waals surface area contributed by atoms with Crippen molar-refractivity contribution in [2.45, 2.75) is 30.6 Å². The normalized spacial score (nSPS) is 49.2. The molecule has 5 atom stereocenters. The van der Waals surface area contributed by atoms with E-state index in [1.54, 1.807) is 0 Å². The van der Waals surface area contributed by atoms with Gasteiger partial charge in [0.15, 0.2) is 6.29 Å². The van der Waals surface area contributed by atoms with Gasteiger partial charge in [0.25, 0.3) is 0 Å². The maximum absolute atomic E-state index is 9.19. The van der Waals surface area contributed by atoms with E-state index in [-0.39, 0.29) is 0 Å². The second-order valence-corrected chi connectivity index (χ2v) is 2.81. The van der Waals surface area contributed by atoms with Crippen LogP contribution in [0.15, 0.2) is 0 Å². The average Bonchev–Trinajstić information content (AvgIpc) is 2.08. The van der Waals surface area contributed by atoms with Crippen molar-refractivity contribution in [1.82, 2.24) is 0 Å². The van der Waals surface area contributed by atoms with Crippen LogP contribution in [0.3, 0.4) is 0 Å². The highest BCUT2D eigenvalue weighted by Gasteiger charge is 2.41. The summed E-state index contributed by atoms with van der Waals surface area (Å²) in [5.41, 5.74) is 5.38. The van der Waals surface area contributed by atoms with E-state index in [1.807, 2.05) is 0 Å². The standard InChI is InChI=1S/C6H13NO5/c7-3-2(1-8)12-6(11)5(10)4(3)9/h2-6,8-11H,1,7H2/t2?,3-,4-,5?,6-/m1/s1. The van der Waals surface area contributed by atoms with Gasteiger partial charge in [-0.15, -0.1) is 0 Å². The molecule has 0 radical (unpaired) electrons. The third kappa shape index (κ3) is 1.58. The number of hydrogen-bond acceptors (Lipinski definition) is 6. The largest absolute Gasteiger partial charge is 0.394 e. The fraction of sp³-hybridized carbons (Fsp3) is 1.00. The summed E-state index contributed by atoms with van der Waals surface area (Å²) < 4.78 is 4.70. The summed E-state index contributed by atoms with van der Waals surface area (Å²) in [7, 11) is 0. The molecule has 0 amide bonds. The highest BCUT2D eigenvalue weighted by molar-refractivity contribution is 4.90. The Bertz CT molecular complexity index is 150. The molecule has 1 heterocycles. The molecule has 1 saturated heterocycles. The zero-order valence-electron chi connectivity index (χ0n) is 6.37. The molecule has 6 N–H and O–H groups in total. The SMILES string of the molecule is N[C@@H]1C(CO)O[C@@H](O)C(O)[C@@H]1O. The summed E-state index contributed by atoms with van der Waals surface area (Å²) in [4.78, 5) is 0. The van der Waals surface area contributed by atoms with Crippen molar-refractivity contribution < 1.29 is 25.2 Å². The second kappa shape index (κ2) is 3.65. The van der Waals surface area contributed by atoms with Crippen LogP contribution in [0.5, 0.6) is 0 Å². The van der Waals surface area contributed by atoms with Crippen molar-refractivity contribution in [1.29, 1.82) is 0 Å². The fourth-order valence-corrected chi connectivity index (χ4v) is 1.13. The molecule has 0 spiro atoms. The lowest BCUT2D eigenvalue weighted by Gasteiger charge is -2.38. The summed E-state index contributed by atoms with van der Waals surface area (Å²) in [6.45, 7) is -0.401. The van der Waals surface area contributed by atoms with Gasteiger partial charge in [-0.3, -0.25) is 0 Å². The van der Waals surface area contributed by atoms with Crippen LogP contribution in [0.25, 0.3) is 0 Å². The number of ether oxygens (including phenoxy) is 1. The topological polar surface area (TPSA) is 116 Å². The third-order valence-corrected chi connectivity index (χ3v) is 1.96. The molecule has 1 aliphatic heterocycles. The fourth-order valence-electron chi connectivity index (χ4n) is 1.13. The third-order valence-electron chi connectivity index (χ3n) is 1.96. The van der Waals surface area contributed by atoms with Crippen molar-refractivity contribution in [2.75, 3.05) is 6.61 Å². The van der Waals surface area contributed by atoms with Crippen LogP contribution in [0, 0.1) is 0 Å². The van der Waals surface area contributed by atoms with Crippen molar-refractivity contribution >= 4 is 0 Å². The Morgan fingerprint density at radius 2 is 1.75 bits per heavy atom. The smallest absolute Gasteiger partial charge is 0.183 e. The molecule has 72 valence electrons. The predicted octanol–water partition coefficient (Wildman–Crippen LogP) is -3.25. The quantitative estimate of drug-likeness (QED) is 0.288. The van der Waals surface area contributed by atoms with Crippen LogP contribution in [0.4, 0.5) is 0 Å². The summed E-state index contributed by atoms with van der Waals surface area (Å²) in [6.07, 6.45) is -5.01. The molecule has 6 nitrogen and oxygen atoms in total. The van der Waals surface area contributed by atoms with Crippen LogP contribution < -0.4 is 5.73 Å². The molecule has 1 aliphatic rings. The van der Waals surface area contributed by atoms with E-state index in [0.717, 1.165) is 0 Å². The Hall–Kier alpha value is -0.240. The van der Waals surface area contributed by atoms with Gasteiger partial charge in [-0.1, -0.05) is 0 Å². The van der Waals surface area contributed by atoms with E-state index in [4.69, 9.17) is 25.8 Å². The molecule has 0 aliphatic carbocycles. The number of rotatable bonds is 1. The zero-order valence-corrected chi connectivity index (χ0v) is 6.37. The first kappa shape index (κ1) is 9.85. The summed E-state index contributed by atoms with van der Waals surface area (Å²) in [5.74, 6) is 0. The lowest BCUT2D eigenvalue weighted by Crippen LogP contribution is -2.61. The second-order valence-electron chi connectivity index (χ2n) is 2.81. The predicted molar refractivity (Wildman–Crippen MR) is 38.0 cm³/mol. The van der Waals surface area contributed by atoms with Gasteiger partial charge in [0.05, 0.1) is 12.6 Å². The van der Waals surface area contributed by atoms with Crippen LogP contribution in [-0.2, 0) is 4.74 Å². The number of aliphatic hydroxyl groups excluding tert-OH is 4. The minimum atomic E-state index is -1.49. The van der Waals surface area contributed by atoms with Crippen molar-refractivity contribution in [3.05, 3.63) is 0 Å².